The van der Waals surface area contributed by atoms with E-state index in [1.165, 1.54) is 18.2 Å². The summed E-state index contributed by atoms with van der Waals surface area (Å²) in [7, 11) is 0. The predicted octanol–water partition coefficient (Wildman–Crippen LogP) is 2.84. The van der Waals surface area contributed by atoms with Crippen LogP contribution in [0, 0.1) is 0 Å². The smallest absolute Gasteiger partial charge is 0.294 e. The maximum atomic E-state index is 12.6. The summed E-state index contributed by atoms with van der Waals surface area (Å²) >= 11 is 0. The summed E-state index contributed by atoms with van der Waals surface area (Å²) in [6.07, 6.45) is -1.82. The van der Waals surface area contributed by atoms with Crippen molar-refractivity contribution < 1.29 is 18.0 Å². The van der Waals surface area contributed by atoms with E-state index in [2.05, 4.69) is 0 Å². The van der Waals surface area contributed by atoms with Crippen LogP contribution in [0.5, 0.6) is 0 Å². The summed E-state index contributed by atoms with van der Waals surface area (Å²) in [5.41, 5.74) is -0.153. The van der Waals surface area contributed by atoms with Crippen molar-refractivity contribution in [3.63, 3.8) is 0 Å². The van der Waals surface area contributed by atoms with Gasteiger partial charge in [-0.15, -0.1) is 0 Å². The molecule has 0 radical (unpaired) electrons. The van der Waals surface area contributed by atoms with Crippen LogP contribution in [0.1, 0.15) is 16.7 Å². The largest absolute Gasteiger partial charge is 0.416 e. The average molecular weight is 212 g/mol. The van der Waals surface area contributed by atoms with Crippen LogP contribution >= 0.6 is 0 Å². The second-order valence-corrected chi connectivity index (χ2v) is 3.35. The van der Waals surface area contributed by atoms with Crippen molar-refractivity contribution in [3.05, 3.63) is 41.0 Å². The molecule has 2 rings (SSSR count). The lowest BCUT2D eigenvalue weighted by molar-refractivity contribution is -0.138. The lowest BCUT2D eigenvalue weighted by Crippen LogP contribution is -2.15. The summed E-state index contributed by atoms with van der Waals surface area (Å²) in [4.78, 5) is 11.1. The molecule has 0 fully saturated rings. The average Bonchev–Trinajstić information content (AvgIpc) is 2.15. The lowest BCUT2D eigenvalue weighted by Gasteiger charge is -2.16. The molecule has 0 aromatic heterocycles. The minimum absolute atomic E-state index is 0.0810. The fourth-order valence-electron chi connectivity index (χ4n) is 1.64. The van der Waals surface area contributed by atoms with Crippen molar-refractivity contribution in [3.8, 4) is 0 Å². The van der Waals surface area contributed by atoms with Crippen molar-refractivity contribution in [2.45, 2.75) is 12.6 Å². The molecule has 1 aromatic rings. The minimum Gasteiger partial charge on any atom is -0.294 e. The van der Waals surface area contributed by atoms with Crippen LogP contribution in [0.25, 0.3) is 6.08 Å². The van der Waals surface area contributed by atoms with Crippen molar-refractivity contribution >= 4 is 11.9 Å². The molecule has 1 nitrogen and oxygen atoms in total. The number of alkyl halides is 3. The highest BCUT2D eigenvalue weighted by atomic mass is 19.4. The number of hydrogen-bond acceptors (Lipinski definition) is 1. The highest BCUT2D eigenvalue weighted by Crippen LogP contribution is 2.35. The molecule has 1 aromatic carbocycles. The first-order valence-electron chi connectivity index (χ1n) is 4.38. The van der Waals surface area contributed by atoms with Gasteiger partial charge in [-0.1, -0.05) is 18.2 Å². The molecule has 78 valence electrons. The van der Waals surface area contributed by atoms with Crippen molar-refractivity contribution in [1.29, 1.82) is 0 Å². The van der Waals surface area contributed by atoms with Gasteiger partial charge in [0.05, 0.1) is 5.56 Å². The Morgan fingerprint density at radius 3 is 2.53 bits per heavy atom. The summed E-state index contributed by atoms with van der Waals surface area (Å²) in [6.45, 7) is 0. The van der Waals surface area contributed by atoms with Crippen LogP contribution in [-0.4, -0.2) is 5.78 Å². The van der Waals surface area contributed by atoms with E-state index in [0.717, 1.165) is 6.07 Å². The fraction of sp³-hybridized carbons (Fsp3) is 0.182. The van der Waals surface area contributed by atoms with Crippen LogP contribution in [0.15, 0.2) is 24.3 Å². The molecule has 0 bridgehead atoms. The summed E-state index contributed by atoms with van der Waals surface area (Å²) < 4.78 is 37.7. The topological polar surface area (TPSA) is 17.1 Å². The third kappa shape index (κ3) is 1.79. The van der Waals surface area contributed by atoms with Gasteiger partial charge in [-0.25, -0.2) is 0 Å². The molecule has 4 heteroatoms. The van der Waals surface area contributed by atoms with Gasteiger partial charge in [-0.3, -0.25) is 4.79 Å². The van der Waals surface area contributed by atoms with Gasteiger partial charge in [0.15, 0.2) is 5.78 Å². The lowest BCUT2D eigenvalue weighted by atomic mass is 9.92. The molecule has 15 heavy (non-hydrogen) atoms. The second-order valence-electron chi connectivity index (χ2n) is 3.35. The molecule has 1 aliphatic carbocycles. The van der Waals surface area contributed by atoms with Crippen molar-refractivity contribution in [2.75, 3.05) is 0 Å². The van der Waals surface area contributed by atoms with Crippen LogP contribution in [0.2, 0.25) is 0 Å². The van der Waals surface area contributed by atoms with E-state index in [0.29, 0.717) is 5.56 Å². The Morgan fingerprint density at radius 2 is 1.87 bits per heavy atom. The zero-order valence-electron chi connectivity index (χ0n) is 7.64. The molecule has 0 aliphatic heterocycles. The molecule has 0 saturated heterocycles. The Kier molecular flexibility index (Phi) is 2.14. The standard InChI is InChI=1S/C11H7F3O/c12-11(13,14)10-3-1-2-7-4-5-8(15)6-9(7)10/h1-5H,6H2. The SMILES string of the molecule is O=C1C=Cc2cccc(C(F)(F)F)c2C1. The monoisotopic (exact) mass is 212 g/mol. The zero-order valence-corrected chi connectivity index (χ0v) is 7.64. The molecule has 0 atom stereocenters. The van der Waals surface area contributed by atoms with E-state index >= 15 is 0 Å². The van der Waals surface area contributed by atoms with Gasteiger partial charge < -0.3 is 0 Å². The highest BCUT2D eigenvalue weighted by molar-refractivity contribution is 5.98. The Morgan fingerprint density at radius 1 is 1.13 bits per heavy atom. The number of hydrogen-bond donors (Lipinski definition) is 0. The Balaban J connectivity index is 2.60. The van der Waals surface area contributed by atoms with E-state index in [-0.39, 0.29) is 17.8 Å². The van der Waals surface area contributed by atoms with E-state index in [1.54, 1.807) is 6.07 Å². The maximum absolute atomic E-state index is 12.6. The zero-order chi connectivity index (χ0) is 11.1. The number of ketones is 1. The molecule has 0 unspecified atom stereocenters. The van der Waals surface area contributed by atoms with Crippen LogP contribution in [0.3, 0.4) is 0 Å². The number of fused-ring (bicyclic) bond motifs is 1. The molecule has 1 aliphatic rings. The van der Waals surface area contributed by atoms with E-state index in [1.807, 2.05) is 0 Å². The van der Waals surface area contributed by atoms with Gasteiger partial charge in [0.1, 0.15) is 0 Å². The molecule has 0 amide bonds. The first kappa shape index (κ1) is 9.96. The maximum Gasteiger partial charge on any atom is 0.416 e. The molecular formula is C11H7F3O. The summed E-state index contributed by atoms with van der Waals surface area (Å²) in [5, 5.41) is 0. The molecule has 0 spiro atoms. The summed E-state index contributed by atoms with van der Waals surface area (Å²) in [6, 6.07) is 3.93. The first-order chi connectivity index (χ1) is 6.98. The number of allylic oxidation sites excluding steroid dienone is 1. The number of carbonyl (C=O) groups is 1. The Bertz CT molecular complexity index is 444. The van der Waals surface area contributed by atoms with Crippen LogP contribution < -0.4 is 0 Å². The van der Waals surface area contributed by atoms with Crippen molar-refractivity contribution in [1.82, 2.24) is 0 Å². The van der Waals surface area contributed by atoms with Crippen LogP contribution in [0.4, 0.5) is 13.2 Å². The van der Waals surface area contributed by atoms with Crippen LogP contribution in [-0.2, 0) is 17.4 Å². The molecule has 0 heterocycles. The normalized spacial score (nSPS) is 15.3. The van der Waals surface area contributed by atoms with E-state index in [9.17, 15) is 18.0 Å². The fourth-order valence-corrected chi connectivity index (χ4v) is 1.64. The Labute approximate surface area is 84.2 Å². The second kappa shape index (κ2) is 3.22. The highest BCUT2D eigenvalue weighted by Gasteiger charge is 2.34. The van der Waals surface area contributed by atoms with Crippen molar-refractivity contribution in [2.24, 2.45) is 0 Å². The summed E-state index contributed by atoms with van der Waals surface area (Å²) in [5.74, 6) is -0.292. The molecular weight excluding hydrogens is 205 g/mol. The van der Waals surface area contributed by atoms with E-state index < -0.39 is 11.7 Å². The van der Waals surface area contributed by atoms with Gasteiger partial charge in [0.25, 0.3) is 0 Å². The number of halogens is 3. The third-order valence-electron chi connectivity index (χ3n) is 2.32. The molecule has 0 N–H and O–H groups in total. The quantitative estimate of drug-likeness (QED) is 0.646. The number of carbonyl (C=O) groups excluding carboxylic acids is 1. The van der Waals surface area contributed by atoms with E-state index in [4.69, 9.17) is 0 Å². The minimum atomic E-state index is -4.39. The predicted molar refractivity (Wildman–Crippen MR) is 49.2 cm³/mol. The van der Waals surface area contributed by atoms with Gasteiger partial charge in [-0.05, 0) is 23.3 Å². The van der Waals surface area contributed by atoms with Gasteiger partial charge >= 0.3 is 6.18 Å². The number of rotatable bonds is 0. The molecule has 0 saturated carbocycles. The first-order valence-corrected chi connectivity index (χ1v) is 4.38. The third-order valence-corrected chi connectivity index (χ3v) is 2.32. The number of benzene rings is 1. The van der Waals surface area contributed by atoms with Gasteiger partial charge in [0.2, 0.25) is 0 Å². The van der Waals surface area contributed by atoms with Gasteiger partial charge in [-0.2, -0.15) is 13.2 Å². The Hall–Kier alpha value is -1.58. The van der Waals surface area contributed by atoms with Gasteiger partial charge in [0, 0.05) is 6.42 Å².